The van der Waals surface area contributed by atoms with Gasteiger partial charge in [-0.3, -0.25) is 4.79 Å². The first-order valence-corrected chi connectivity index (χ1v) is 8.06. The number of nitrogens with two attached hydrogens (primary N) is 1. The van der Waals surface area contributed by atoms with E-state index in [1.54, 1.807) is 6.92 Å². The van der Waals surface area contributed by atoms with Crippen molar-refractivity contribution in [2.24, 2.45) is 0 Å². The summed E-state index contributed by atoms with van der Waals surface area (Å²) in [6.07, 6.45) is 1.46. The molecule has 0 bridgehead atoms. The maximum absolute atomic E-state index is 12.4. The van der Waals surface area contributed by atoms with Gasteiger partial charge in [-0.05, 0) is 46.8 Å². The monoisotopic (exact) mass is 305 g/mol. The number of hydrogen-bond donors (Lipinski definition) is 2. The molecule has 1 amide bonds. The Balaban J connectivity index is 1.93. The number of amides is 1. The number of nitrogens with one attached hydrogen (secondary N) is 1. The van der Waals surface area contributed by atoms with E-state index in [-0.39, 0.29) is 23.0 Å². The number of carbonyl (C=O) groups excluding carboxylic acids is 1. The molecule has 1 aromatic rings. The first kappa shape index (κ1) is 16.8. The van der Waals surface area contributed by atoms with Crippen LogP contribution < -0.4 is 15.4 Å². The molecule has 0 spiro atoms. The summed E-state index contributed by atoms with van der Waals surface area (Å²) in [7, 11) is 0. The molecular weight excluding hydrogens is 276 g/mol. The summed E-state index contributed by atoms with van der Waals surface area (Å²) in [6, 6.07) is 9.67. The largest absolute Gasteiger partial charge is 0.481 e. The Kier molecular flexibility index (Phi) is 4.81. The third kappa shape index (κ3) is 4.73. The molecule has 0 unspecified atom stereocenters. The summed E-state index contributed by atoms with van der Waals surface area (Å²) in [5, 5.41) is 5.58. The summed E-state index contributed by atoms with van der Waals surface area (Å²) in [5.74, 6) is 0.685. The van der Waals surface area contributed by atoms with Gasteiger partial charge in [-0.2, -0.15) is 0 Å². The van der Waals surface area contributed by atoms with E-state index < -0.39 is 6.10 Å². The van der Waals surface area contributed by atoms with Crippen molar-refractivity contribution in [1.29, 1.82) is 0 Å². The van der Waals surface area contributed by atoms with Crippen LogP contribution in [0.2, 0.25) is 0 Å². The van der Waals surface area contributed by atoms with E-state index in [1.165, 1.54) is 0 Å². The van der Waals surface area contributed by atoms with Gasteiger partial charge in [-0.15, -0.1) is 0 Å². The zero-order valence-electron chi connectivity index (χ0n) is 14.3. The predicted molar refractivity (Wildman–Crippen MR) is 87.8 cm³/mol. The Bertz CT molecular complexity index is 495. The van der Waals surface area contributed by atoms with Crippen molar-refractivity contribution in [2.75, 3.05) is 0 Å². The van der Waals surface area contributed by atoms with Gasteiger partial charge in [0.2, 0.25) is 0 Å². The SMILES string of the molecule is C[C@@H](Oc1ccccc1)C(=O)NC1CC(C)(C)[NH2+]C(C)(C)C1. The van der Waals surface area contributed by atoms with Crippen LogP contribution in [0.15, 0.2) is 30.3 Å². The molecule has 1 aromatic carbocycles. The van der Waals surface area contributed by atoms with Crippen LogP contribution in [0.4, 0.5) is 0 Å². The lowest BCUT2D eigenvalue weighted by atomic mass is 9.79. The summed E-state index contributed by atoms with van der Waals surface area (Å²) in [6.45, 7) is 10.7. The lowest BCUT2D eigenvalue weighted by Crippen LogP contribution is -3.06. The Morgan fingerprint density at radius 3 is 2.27 bits per heavy atom. The van der Waals surface area contributed by atoms with Crippen LogP contribution in [-0.2, 0) is 4.79 Å². The van der Waals surface area contributed by atoms with Crippen molar-refractivity contribution < 1.29 is 14.8 Å². The standard InChI is InChI=1S/C18H28N2O2/c1-13(22-15-9-7-6-8-10-15)16(21)19-14-11-17(2,3)20-18(4,5)12-14/h6-10,13-14,20H,11-12H2,1-5H3,(H,19,21)/p+1/t13-/m1/s1. The van der Waals surface area contributed by atoms with Crippen LogP contribution >= 0.6 is 0 Å². The van der Waals surface area contributed by atoms with E-state index >= 15 is 0 Å². The first-order chi connectivity index (χ1) is 10.2. The van der Waals surface area contributed by atoms with Gasteiger partial charge < -0.3 is 15.4 Å². The average Bonchev–Trinajstić information content (AvgIpc) is 2.35. The summed E-state index contributed by atoms with van der Waals surface area (Å²) < 4.78 is 5.70. The third-order valence-corrected chi connectivity index (χ3v) is 4.10. The molecule has 3 N–H and O–H groups in total. The smallest absolute Gasteiger partial charge is 0.261 e. The number of piperidine rings is 1. The first-order valence-electron chi connectivity index (χ1n) is 8.06. The molecule has 2 rings (SSSR count). The molecule has 0 aromatic heterocycles. The van der Waals surface area contributed by atoms with Crippen LogP contribution in [0.5, 0.6) is 5.75 Å². The van der Waals surface area contributed by atoms with Gasteiger partial charge >= 0.3 is 0 Å². The second kappa shape index (κ2) is 6.29. The summed E-state index contributed by atoms with van der Waals surface area (Å²) in [5.41, 5.74) is 0.284. The third-order valence-electron chi connectivity index (χ3n) is 4.10. The molecular formula is C18H29N2O2+. The number of para-hydroxylation sites is 1. The van der Waals surface area contributed by atoms with E-state index in [2.05, 4.69) is 38.3 Å². The van der Waals surface area contributed by atoms with Crippen molar-refractivity contribution in [3.05, 3.63) is 30.3 Å². The fraction of sp³-hybridized carbons (Fsp3) is 0.611. The Hall–Kier alpha value is -1.55. The number of benzene rings is 1. The number of quaternary nitrogens is 1. The van der Waals surface area contributed by atoms with Gasteiger partial charge in [0.25, 0.3) is 5.91 Å². The van der Waals surface area contributed by atoms with Gasteiger partial charge in [0.15, 0.2) is 6.10 Å². The molecule has 4 nitrogen and oxygen atoms in total. The van der Waals surface area contributed by atoms with Crippen LogP contribution in [0.3, 0.4) is 0 Å². The highest BCUT2D eigenvalue weighted by Gasteiger charge is 2.42. The minimum absolute atomic E-state index is 0.0395. The Morgan fingerprint density at radius 2 is 1.73 bits per heavy atom. The van der Waals surface area contributed by atoms with Crippen LogP contribution in [0.25, 0.3) is 0 Å². The highest BCUT2D eigenvalue weighted by Crippen LogP contribution is 2.22. The summed E-state index contributed by atoms with van der Waals surface area (Å²) >= 11 is 0. The second-order valence-corrected chi connectivity index (χ2v) is 7.81. The summed E-state index contributed by atoms with van der Waals surface area (Å²) in [4.78, 5) is 12.4. The van der Waals surface area contributed by atoms with Crippen molar-refractivity contribution in [2.45, 2.75) is 70.7 Å². The average molecular weight is 305 g/mol. The van der Waals surface area contributed by atoms with Crippen molar-refractivity contribution in [1.82, 2.24) is 5.32 Å². The molecule has 122 valence electrons. The molecule has 1 aliphatic heterocycles. The molecule has 0 aliphatic carbocycles. The zero-order chi connectivity index (χ0) is 16.4. The van der Waals surface area contributed by atoms with Crippen LogP contribution in [0, 0.1) is 0 Å². The quantitative estimate of drug-likeness (QED) is 0.892. The predicted octanol–water partition coefficient (Wildman–Crippen LogP) is 1.85. The molecule has 0 saturated carbocycles. The van der Waals surface area contributed by atoms with Crippen LogP contribution in [0.1, 0.15) is 47.5 Å². The molecule has 4 heteroatoms. The number of carbonyl (C=O) groups is 1. The molecule has 1 heterocycles. The van der Waals surface area contributed by atoms with E-state index in [9.17, 15) is 4.79 Å². The number of hydrogen-bond acceptors (Lipinski definition) is 2. The van der Waals surface area contributed by atoms with Gasteiger partial charge in [0, 0.05) is 18.9 Å². The number of ether oxygens (including phenoxy) is 1. The molecule has 1 fully saturated rings. The minimum atomic E-state index is -0.487. The molecule has 1 atom stereocenters. The van der Waals surface area contributed by atoms with E-state index in [0.717, 1.165) is 18.6 Å². The molecule has 1 saturated heterocycles. The van der Waals surface area contributed by atoms with Gasteiger partial charge in [-0.25, -0.2) is 0 Å². The van der Waals surface area contributed by atoms with Crippen molar-refractivity contribution in [3.63, 3.8) is 0 Å². The highest BCUT2D eigenvalue weighted by atomic mass is 16.5. The molecule has 0 radical (unpaired) electrons. The Morgan fingerprint density at radius 1 is 1.18 bits per heavy atom. The second-order valence-electron chi connectivity index (χ2n) is 7.81. The lowest BCUT2D eigenvalue weighted by molar-refractivity contribution is -0.787. The van der Waals surface area contributed by atoms with E-state index in [4.69, 9.17) is 4.74 Å². The topological polar surface area (TPSA) is 54.9 Å². The van der Waals surface area contributed by atoms with Gasteiger partial charge in [0.05, 0.1) is 11.1 Å². The fourth-order valence-corrected chi connectivity index (χ4v) is 3.70. The maximum Gasteiger partial charge on any atom is 0.261 e. The van der Waals surface area contributed by atoms with E-state index in [1.807, 2.05) is 30.3 Å². The lowest BCUT2D eigenvalue weighted by Gasteiger charge is -2.43. The Labute approximate surface area is 133 Å². The highest BCUT2D eigenvalue weighted by molar-refractivity contribution is 5.81. The van der Waals surface area contributed by atoms with Gasteiger partial charge in [-0.1, -0.05) is 18.2 Å². The van der Waals surface area contributed by atoms with Crippen molar-refractivity contribution >= 4 is 5.91 Å². The molecule has 1 aliphatic rings. The fourth-order valence-electron chi connectivity index (χ4n) is 3.70. The van der Waals surface area contributed by atoms with E-state index in [0.29, 0.717) is 0 Å². The molecule has 22 heavy (non-hydrogen) atoms. The van der Waals surface area contributed by atoms with Crippen molar-refractivity contribution in [3.8, 4) is 5.75 Å². The van der Waals surface area contributed by atoms with Gasteiger partial charge in [0.1, 0.15) is 5.75 Å². The maximum atomic E-state index is 12.4. The number of rotatable bonds is 4. The minimum Gasteiger partial charge on any atom is -0.481 e. The zero-order valence-corrected chi connectivity index (χ0v) is 14.3. The normalized spacial score (nSPS) is 21.9. The van der Waals surface area contributed by atoms with Crippen LogP contribution in [-0.4, -0.2) is 29.1 Å².